The van der Waals surface area contributed by atoms with Crippen LogP contribution in [0, 0.1) is 11.3 Å². The molecule has 0 saturated heterocycles. The van der Waals surface area contributed by atoms with E-state index in [-0.39, 0.29) is 22.9 Å². The van der Waals surface area contributed by atoms with Gasteiger partial charge in [-0.3, -0.25) is 9.36 Å². The molecule has 0 spiro atoms. The molecule has 212 valence electrons. The Kier molecular flexibility index (Phi) is 16.6. The summed E-state index contributed by atoms with van der Waals surface area (Å²) in [6, 6.07) is 9.44. The highest BCUT2D eigenvalue weighted by atomic mass is 35.5. The number of fused-ring (bicyclic) bond motifs is 1. The van der Waals surface area contributed by atoms with Crippen LogP contribution in [0.3, 0.4) is 0 Å². The molecule has 0 saturated carbocycles. The first-order valence-electron chi connectivity index (χ1n) is 13.3. The van der Waals surface area contributed by atoms with Crippen LogP contribution in [0.25, 0.3) is 16.5 Å². The lowest BCUT2D eigenvalue weighted by molar-refractivity contribution is 0.239. The number of halogens is 1. The van der Waals surface area contributed by atoms with Crippen molar-refractivity contribution < 1.29 is 4.74 Å². The topological polar surface area (TPSA) is 133 Å². The zero-order valence-corrected chi connectivity index (χ0v) is 25.5. The SMILES string of the molecule is CC.CC.CCOC(/C=C(\CC)n1c(CC)cc2cccc(Cl)c2c1=O)=C(C)C.N#Cc1cnc(N)nc1N. The van der Waals surface area contributed by atoms with E-state index in [4.69, 9.17) is 33.1 Å². The average Bonchev–Trinajstić information content (AvgIpc) is 2.93. The van der Waals surface area contributed by atoms with Crippen LogP contribution in [0.4, 0.5) is 11.8 Å². The van der Waals surface area contributed by atoms with Crippen molar-refractivity contribution in [1.29, 1.82) is 5.26 Å². The molecule has 0 bridgehead atoms. The van der Waals surface area contributed by atoms with Crippen LogP contribution in [0.1, 0.15) is 80.0 Å². The standard InChI is InChI=1S/C21H26ClNO2.C5H5N5.2C2H6/c1-6-16-12-15-10-9-11-18(22)20(15)21(24)23(16)17(7-2)13-19(14(4)5)25-8-3;6-1-3-2-9-5(8)10-4(3)7;2*1-2/h9-13H,6-8H2,1-5H3;2H,(H4,7,8,9,10);2*1-2H3/b17-13+;;;. The molecular weight excluding hydrogens is 512 g/mol. The maximum absolute atomic E-state index is 13.2. The van der Waals surface area contributed by atoms with Crippen LogP contribution in [0.15, 0.2) is 52.7 Å². The fourth-order valence-electron chi connectivity index (χ4n) is 3.41. The molecular formula is C30H43ClN6O2. The van der Waals surface area contributed by atoms with E-state index in [1.165, 1.54) is 6.20 Å². The number of nitrogens with two attached hydrogens (primary N) is 2. The number of rotatable bonds is 6. The smallest absolute Gasteiger partial charge is 0.264 e. The predicted molar refractivity (Wildman–Crippen MR) is 165 cm³/mol. The van der Waals surface area contributed by atoms with Gasteiger partial charge in [-0.1, -0.05) is 65.3 Å². The van der Waals surface area contributed by atoms with Gasteiger partial charge < -0.3 is 16.2 Å². The van der Waals surface area contributed by atoms with Crippen LogP contribution in [0.5, 0.6) is 0 Å². The molecule has 2 heterocycles. The lowest BCUT2D eigenvalue weighted by Gasteiger charge is -2.17. The van der Waals surface area contributed by atoms with Gasteiger partial charge in [-0.05, 0) is 62.8 Å². The summed E-state index contributed by atoms with van der Waals surface area (Å²) in [6.07, 6.45) is 4.74. The number of hydrogen-bond acceptors (Lipinski definition) is 7. The predicted octanol–water partition coefficient (Wildman–Crippen LogP) is 7.36. The van der Waals surface area contributed by atoms with Crippen LogP contribution in [0.2, 0.25) is 5.02 Å². The lowest BCUT2D eigenvalue weighted by atomic mass is 10.1. The minimum atomic E-state index is -0.0716. The van der Waals surface area contributed by atoms with Crippen LogP contribution in [-0.2, 0) is 11.2 Å². The number of allylic oxidation sites excluding steroid dienone is 3. The van der Waals surface area contributed by atoms with Crippen molar-refractivity contribution in [3.05, 3.63) is 74.5 Å². The van der Waals surface area contributed by atoms with E-state index in [0.29, 0.717) is 23.4 Å². The van der Waals surface area contributed by atoms with Crippen molar-refractivity contribution in [3.8, 4) is 6.07 Å². The summed E-state index contributed by atoms with van der Waals surface area (Å²) < 4.78 is 7.53. The first-order chi connectivity index (χ1) is 18.7. The normalized spacial score (nSPS) is 10.0. The van der Waals surface area contributed by atoms with Gasteiger partial charge in [-0.2, -0.15) is 10.2 Å². The Morgan fingerprint density at radius 2 is 1.79 bits per heavy atom. The number of aromatic nitrogens is 3. The third-order valence-electron chi connectivity index (χ3n) is 5.13. The second kappa shape index (κ2) is 18.4. The zero-order valence-electron chi connectivity index (χ0n) is 24.7. The molecule has 9 heteroatoms. The molecule has 0 unspecified atom stereocenters. The molecule has 0 aliphatic carbocycles. The van der Waals surface area contributed by atoms with Crippen molar-refractivity contribution in [2.75, 3.05) is 18.1 Å². The molecule has 2 aromatic heterocycles. The molecule has 0 atom stereocenters. The van der Waals surface area contributed by atoms with Crippen molar-refractivity contribution in [2.45, 2.75) is 75.2 Å². The third kappa shape index (κ3) is 9.77. The Hall–Kier alpha value is -3.83. The van der Waals surface area contributed by atoms with Crippen molar-refractivity contribution in [2.24, 2.45) is 0 Å². The highest BCUT2D eigenvalue weighted by Crippen LogP contribution is 2.24. The van der Waals surface area contributed by atoms with Crippen LogP contribution >= 0.6 is 11.6 Å². The maximum atomic E-state index is 13.2. The van der Waals surface area contributed by atoms with Gasteiger partial charge in [0.1, 0.15) is 23.2 Å². The Morgan fingerprint density at radius 3 is 2.28 bits per heavy atom. The molecule has 3 rings (SSSR count). The minimum absolute atomic E-state index is 0.0716. The summed E-state index contributed by atoms with van der Waals surface area (Å²) in [5, 5.41) is 10.3. The van der Waals surface area contributed by atoms with Gasteiger partial charge in [0.2, 0.25) is 5.95 Å². The fourth-order valence-corrected chi connectivity index (χ4v) is 3.67. The number of nitrogen functional groups attached to an aromatic ring is 2. The van der Waals surface area contributed by atoms with E-state index in [1.54, 1.807) is 10.6 Å². The summed E-state index contributed by atoms with van der Waals surface area (Å²) in [7, 11) is 0. The van der Waals surface area contributed by atoms with Crippen molar-refractivity contribution in [1.82, 2.24) is 14.5 Å². The molecule has 3 aromatic rings. The van der Waals surface area contributed by atoms with E-state index < -0.39 is 0 Å². The first kappa shape index (κ1) is 35.2. The summed E-state index contributed by atoms with van der Waals surface area (Å²) in [4.78, 5) is 20.4. The Balaban J connectivity index is 0.000000857. The highest BCUT2D eigenvalue weighted by Gasteiger charge is 2.14. The number of nitriles is 1. The molecule has 0 aliphatic heterocycles. The third-order valence-corrected chi connectivity index (χ3v) is 5.45. The Morgan fingerprint density at radius 1 is 1.15 bits per heavy atom. The van der Waals surface area contributed by atoms with Gasteiger partial charge in [0.25, 0.3) is 5.56 Å². The van der Waals surface area contributed by atoms with E-state index >= 15 is 0 Å². The number of hydrogen-bond donors (Lipinski definition) is 2. The van der Waals surface area contributed by atoms with E-state index in [1.807, 2.05) is 79.7 Å². The molecule has 1 aromatic carbocycles. The summed E-state index contributed by atoms with van der Waals surface area (Å²) >= 11 is 6.32. The molecule has 0 radical (unpaired) electrons. The van der Waals surface area contributed by atoms with Gasteiger partial charge in [0, 0.05) is 11.4 Å². The largest absolute Gasteiger partial charge is 0.494 e. The van der Waals surface area contributed by atoms with Gasteiger partial charge in [-0.15, -0.1) is 0 Å². The summed E-state index contributed by atoms with van der Waals surface area (Å²) in [6.45, 7) is 18.7. The molecule has 39 heavy (non-hydrogen) atoms. The Labute approximate surface area is 238 Å². The van der Waals surface area contributed by atoms with E-state index in [0.717, 1.165) is 34.5 Å². The zero-order chi connectivity index (χ0) is 30.1. The summed E-state index contributed by atoms with van der Waals surface area (Å²) in [5.41, 5.74) is 13.6. The molecule has 0 amide bonds. The average molecular weight is 555 g/mol. The van der Waals surface area contributed by atoms with E-state index in [2.05, 4.69) is 23.0 Å². The number of ether oxygens (including phenoxy) is 1. The number of aryl methyl sites for hydroxylation is 1. The van der Waals surface area contributed by atoms with Crippen LogP contribution < -0.4 is 17.0 Å². The molecule has 8 nitrogen and oxygen atoms in total. The summed E-state index contributed by atoms with van der Waals surface area (Å²) in [5.74, 6) is 1.01. The van der Waals surface area contributed by atoms with Crippen LogP contribution in [-0.4, -0.2) is 21.1 Å². The highest BCUT2D eigenvalue weighted by molar-refractivity contribution is 6.35. The molecule has 0 aliphatic rings. The second-order valence-corrected chi connectivity index (χ2v) is 8.17. The number of nitrogens with zero attached hydrogens (tertiary/aromatic N) is 4. The van der Waals surface area contributed by atoms with Crippen molar-refractivity contribution in [3.63, 3.8) is 0 Å². The number of anilines is 2. The minimum Gasteiger partial charge on any atom is -0.494 e. The molecule has 0 fully saturated rings. The Bertz CT molecular complexity index is 1370. The lowest BCUT2D eigenvalue weighted by Crippen LogP contribution is -2.23. The monoisotopic (exact) mass is 554 g/mol. The quantitative estimate of drug-likeness (QED) is 0.240. The van der Waals surface area contributed by atoms with Crippen molar-refractivity contribution >= 4 is 39.8 Å². The van der Waals surface area contributed by atoms with E-state index in [9.17, 15) is 4.79 Å². The maximum Gasteiger partial charge on any atom is 0.264 e. The first-order valence-corrected chi connectivity index (χ1v) is 13.7. The van der Waals surface area contributed by atoms with Gasteiger partial charge in [0.15, 0.2) is 0 Å². The van der Waals surface area contributed by atoms with Gasteiger partial charge >= 0.3 is 0 Å². The fraction of sp³-hybridized carbons (Fsp3) is 0.400. The molecule has 4 N–H and O–H groups in total. The number of benzene rings is 1. The second-order valence-electron chi connectivity index (χ2n) is 7.76. The van der Waals surface area contributed by atoms with Gasteiger partial charge in [0.05, 0.1) is 23.2 Å². The van der Waals surface area contributed by atoms with Gasteiger partial charge in [-0.25, -0.2) is 4.98 Å². The number of pyridine rings is 1.